The van der Waals surface area contributed by atoms with Crippen molar-refractivity contribution in [2.24, 2.45) is 0 Å². The van der Waals surface area contributed by atoms with E-state index in [0.29, 0.717) is 0 Å². The number of rotatable bonds is 4. The van der Waals surface area contributed by atoms with Crippen LogP contribution in [0.4, 0.5) is 0 Å². The molecule has 0 fully saturated rings. The fourth-order valence-corrected chi connectivity index (χ4v) is 0.976. The lowest BCUT2D eigenvalue weighted by Gasteiger charge is -2.07. The van der Waals surface area contributed by atoms with E-state index in [1.54, 1.807) is 6.20 Å². The molecule has 0 bridgehead atoms. The van der Waals surface area contributed by atoms with Gasteiger partial charge >= 0.3 is 0 Å². The van der Waals surface area contributed by atoms with Gasteiger partial charge in [-0.1, -0.05) is 0 Å². The van der Waals surface area contributed by atoms with Crippen molar-refractivity contribution in [3.05, 3.63) is 18.0 Å². The second-order valence-corrected chi connectivity index (χ2v) is 3.02. The number of nitrogens with zero attached hydrogens (tertiary/aromatic N) is 4. The minimum absolute atomic E-state index is 0.980. The Labute approximate surface area is 72.6 Å². The molecule has 0 saturated carbocycles. The van der Waals surface area contributed by atoms with Crippen LogP contribution in [0, 0.1) is 0 Å². The largest absolute Gasteiger partial charge is 0.309 e. The van der Waals surface area contributed by atoms with Crippen molar-refractivity contribution in [2.45, 2.75) is 12.8 Å². The van der Waals surface area contributed by atoms with Crippen molar-refractivity contribution in [3.63, 3.8) is 0 Å². The van der Waals surface area contributed by atoms with Gasteiger partial charge in [-0.15, -0.1) is 10.2 Å². The molecule has 4 nitrogen and oxygen atoms in total. The third-order valence-corrected chi connectivity index (χ3v) is 1.60. The molecule has 4 heteroatoms. The molecule has 1 rings (SSSR count). The Kier molecular flexibility index (Phi) is 3.60. The highest BCUT2D eigenvalue weighted by Gasteiger charge is 1.94. The van der Waals surface area contributed by atoms with Crippen LogP contribution in [-0.4, -0.2) is 41.0 Å². The molecule has 0 unspecified atom stereocenters. The smallest absolute Gasteiger partial charge is 0.0665 e. The van der Waals surface area contributed by atoms with Crippen molar-refractivity contribution < 1.29 is 0 Å². The van der Waals surface area contributed by atoms with Crippen molar-refractivity contribution in [2.75, 3.05) is 20.6 Å². The Bertz CT molecular complexity index is 210. The van der Waals surface area contributed by atoms with Gasteiger partial charge in [0.25, 0.3) is 0 Å². The van der Waals surface area contributed by atoms with Gasteiger partial charge in [0.1, 0.15) is 0 Å². The standard InChI is InChI=1S/C8H14N4/c1-12(2)7-3-4-8-5-6-9-11-10-8/h5-6H,3-4,7H2,1-2H3. The predicted molar refractivity (Wildman–Crippen MR) is 46.7 cm³/mol. The molecule has 0 aromatic carbocycles. The summed E-state index contributed by atoms with van der Waals surface area (Å²) in [5, 5.41) is 11.1. The van der Waals surface area contributed by atoms with E-state index in [1.807, 2.05) is 6.07 Å². The molecule has 0 radical (unpaired) electrons. The molecule has 0 spiro atoms. The average molecular weight is 166 g/mol. The highest BCUT2D eigenvalue weighted by molar-refractivity contribution is 4.94. The molecule has 0 amide bonds. The third-order valence-electron chi connectivity index (χ3n) is 1.60. The van der Waals surface area contributed by atoms with Gasteiger partial charge in [0.2, 0.25) is 0 Å². The number of aryl methyl sites for hydroxylation is 1. The van der Waals surface area contributed by atoms with Gasteiger partial charge in [0.05, 0.1) is 11.9 Å². The summed E-state index contributed by atoms with van der Waals surface area (Å²) in [6, 6.07) is 1.91. The summed E-state index contributed by atoms with van der Waals surface area (Å²) in [6.07, 6.45) is 3.78. The molecule has 0 atom stereocenters. The molecule has 0 aliphatic heterocycles. The second kappa shape index (κ2) is 4.77. The molecule has 1 aromatic rings. The van der Waals surface area contributed by atoms with E-state index in [1.165, 1.54) is 0 Å². The molecular weight excluding hydrogens is 152 g/mol. The van der Waals surface area contributed by atoms with Crippen LogP contribution in [0.3, 0.4) is 0 Å². The van der Waals surface area contributed by atoms with Crippen molar-refractivity contribution in [1.82, 2.24) is 20.3 Å². The maximum atomic E-state index is 3.90. The summed E-state index contributed by atoms with van der Waals surface area (Å²) < 4.78 is 0. The van der Waals surface area contributed by atoms with E-state index < -0.39 is 0 Å². The SMILES string of the molecule is CN(C)CCCc1ccnnn1. The summed E-state index contributed by atoms with van der Waals surface area (Å²) in [6.45, 7) is 1.09. The second-order valence-electron chi connectivity index (χ2n) is 3.02. The number of hydrogen-bond acceptors (Lipinski definition) is 4. The van der Waals surface area contributed by atoms with E-state index in [0.717, 1.165) is 25.1 Å². The van der Waals surface area contributed by atoms with E-state index in [2.05, 4.69) is 34.4 Å². The Morgan fingerprint density at radius 2 is 2.25 bits per heavy atom. The first-order valence-corrected chi connectivity index (χ1v) is 4.07. The first-order chi connectivity index (χ1) is 5.79. The zero-order chi connectivity index (χ0) is 8.81. The number of aromatic nitrogens is 3. The lowest BCUT2D eigenvalue weighted by atomic mass is 10.2. The van der Waals surface area contributed by atoms with Crippen LogP contribution in [0.1, 0.15) is 12.1 Å². The van der Waals surface area contributed by atoms with Crippen molar-refractivity contribution in [1.29, 1.82) is 0 Å². The quantitative estimate of drug-likeness (QED) is 0.648. The molecular formula is C8H14N4. The van der Waals surface area contributed by atoms with Crippen LogP contribution >= 0.6 is 0 Å². The molecule has 0 aliphatic rings. The predicted octanol–water partition coefficient (Wildman–Crippen LogP) is 0.366. The molecule has 0 N–H and O–H groups in total. The van der Waals surface area contributed by atoms with Gasteiger partial charge in [0.15, 0.2) is 0 Å². The highest BCUT2D eigenvalue weighted by atomic mass is 15.3. The lowest BCUT2D eigenvalue weighted by Crippen LogP contribution is -2.13. The van der Waals surface area contributed by atoms with Crippen LogP contribution in [0.15, 0.2) is 12.3 Å². The summed E-state index contributed by atoms with van der Waals surface area (Å²) in [4.78, 5) is 2.16. The Morgan fingerprint density at radius 1 is 1.42 bits per heavy atom. The summed E-state index contributed by atoms with van der Waals surface area (Å²) >= 11 is 0. The minimum Gasteiger partial charge on any atom is -0.309 e. The molecule has 1 aromatic heterocycles. The van der Waals surface area contributed by atoms with Gasteiger partial charge in [-0.2, -0.15) is 0 Å². The van der Waals surface area contributed by atoms with Crippen molar-refractivity contribution in [3.8, 4) is 0 Å². The average Bonchev–Trinajstić information content (AvgIpc) is 2.05. The van der Waals surface area contributed by atoms with Gasteiger partial charge in [-0.25, -0.2) is 0 Å². The summed E-state index contributed by atoms with van der Waals surface area (Å²) in [5.74, 6) is 0. The normalized spacial score (nSPS) is 10.6. The van der Waals surface area contributed by atoms with E-state index >= 15 is 0 Å². The maximum Gasteiger partial charge on any atom is 0.0665 e. The molecule has 0 saturated heterocycles. The van der Waals surface area contributed by atoms with Crippen LogP contribution in [0.5, 0.6) is 0 Å². The zero-order valence-electron chi connectivity index (χ0n) is 7.56. The minimum atomic E-state index is 0.980. The fraction of sp³-hybridized carbons (Fsp3) is 0.625. The Balaban J connectivity index is 2.25. The van der Waals surface area contributed by atoms with Gasteiger partial charge < -0.3 is 4.90 Å². The van der Waals surface area contributed by atoms with E-state index in [4.69, 9.17) is 0 Å². The third kappa shape index (κ3) is 3.39. The van der Waals surface area contributed by atoms with Gasteiger partial charge in [-0.3, -0.25) is 0 Å². The van der Waals surface area contributed by atoms with E-state index in [9.17, 15) is 0 Å². The lowest BCUT2D eigenvalue weighted by molar-refractivity contribution is 0.399. The van der Waals surface area contributed by atoms with Crippen LogP contribution in [-0.2, 0) is 6.42 Å². The Hall–Kier alpha value is -1.03. The topological polar surface area (TPSA) is 41.9 Å². The number of hydrogen-bond donors (Lipinski definition) is 0. The van der Waals surface area contributed by atoms with Gasteiger partial charge in [-0.05, 0) is 44.8 Å². The summed E-state index contributed by atoms with van der Waals surface area (Å²) in [7, 11) is 4.14. The molecule has 0 aliphatic carbocycles. The fourth-order valence-electron chi connectivity index (χ4n) is 0.976. The molecule has 66 valence electrons. The first kappa shape index (κ1) is 9.06. The van der Waals surface area contributed by atoms with Crippen molar-refractivity contribution >= 4 is 0 Å². The van der Waals surface area contributed by atoms with Crippen LogP contribution < -0.4 is 0 Å². The summed E-state index contributed by atoms with van der Waals surface area (Å²) in [5.41, 5.74) is 1.02. The highest BCUT2D eigenvalue weighted by Crippen LogP contribution is 1.95. The zero-order valence-corrected chi connectivity index (χ0v) is 7.56. The van der Waals surface area contributed by atoms with Crippen LogP contribution in [0.2, 0.25) is 0 Å². The van der Waals surface area contributed by atoms with Gasteiger partial charge in [0, 0.05) is 0 Å². The maximum absolute atomic E-state index is 3.90. The van der Waals surface area contributed by atoms with E-state index in [-0.39, 0.29) is 0 Å². The van der Waals surface area contributed by atoms with Crippen LogP contribution in [0.25, 0.3) is 0 Å². The molecule has 12 heavy (non-hydrogen) atoms. The molecule has 1 heterocycles. The first-order valence-electron chi connectivity index (χ1n) is 4.07. The monoisotopic (exact) mass is 166 g/mol. The Morgan fingerprint density at radius 3 is 2.83 bits per heavy atom.